The first kappa shape index (κ1) is 22.5. The molecule has 0 aliphatic rings. The maximum atomic E-state index is 10.6. The molecule has 0 fully saturated rings. The van der Waals surface area contributed by atoms with E-state index in [1.165, 1.54) is 82.6 Å². The molecule has 1 aromatic rings. The molecule has 0 spiro atoms. The topological polar surface area (TPSA) is 43.1 Å². The fourth-order valence-electron chi connectivity index (χ4n) is 3.27. The van der Waals surface area contributed by atoms with Crippen molar-refractivity contribution in [1.29, 1.82) is 0 Å². The minimum atomic E-state index is -0.167. The number of carbonyl (C=O) groups is 1. The van der Waals surface area contributed by atoms with Crippen molar-refractivity contribution < 1.29 is 4.79 Å². The first-order valence-corrected chi connectivity index (χ1v) is 10.8. The molecule has 2 heteroatoms. The van der Waals surface area contributed by atoms with Gasteiger partial charge in [0.15, 0.2) is 0 Å². The molecule has 1 rings (SSSR count). The number of unbranched alkanes of at least 4 members (excludes halogenated alkanes) is 11. The number of aryl methyl sites for hydroxylation is 1. The van der Waals surface area contributed by atoms with Gasteiger partial charge in [0.05, 0.1) is 0 Å². The van der Waals surface area contributed by atoms with Crippen molar-refractivity contribution in [2.24, 2.45) is 5.73 Å². The van der Waals surface area contributed by atoms with Crippen molar-refractivity contribution in [2.45, 2.75) is 96.3 Å². The van der Waals surface area contributed by atoms with Crippen LogP contribution in [0.3, 0.4) is 0 Å². The van der Waals surface area contributed by atoms with Gasteiger partial charge in [-0.2, -0.15) is 0 Å². The van der Waals surface area contributed by atoms with E-state index in [1.807, 2.05) is 0 Å². The van der Waals surface area contributed by atoms with E-state index in [-0.39, 0.29) is 5.91 Å². The molecule has 1 aromatic carbocycles. The average Bonchev–Trinajstić information content (AvgIpc) is 2.65. The Hall–Kier alpha value is -1.57. The molecule has 26 heavy (non-hydrogen) atoms. The highest BCUT2D eigenvalue weighted by Gasteiger charge is 1.95. The Bertz CT molecular complexity index is 466. The smallest absolute Gasteiger partial charge is 0.217 e. The second kappa shape index (κ2) is 16.9. The minimum absolute atomic E-state index is 0.167. The lowest BCUT2D eigenvalue weighted by atomic mass is 10.0. The van der Waals surface area contributed by atoms with Crippen LogP contribution in [0.25, 0.3) is 0 Å². The van der Waals surface area contributed by atoms with Gasteiger partial charge in [0, 0.05) is 6.42 Å². The summed E-state index contributed by atoms with van der Waals surface area (Å²) in [6.07, 6.45) is 23.0. The summed E-state index contributed by atoms with van der Waals surface area (Å²) in [6.45, 7) is 0. The van der Waals surface area contributed by atoms with Crippen molar-refractivity contribution in [1.82, 2.24) is 0 Å². The fraction of sp³-hybridized carbons (Fsp3) is 0.625. The number of carbonyl (C=O) groups excluding carboxylic acids is 1. The van der Waals surface area contributed by atoms with Crippen molar-refractivity contribution in [2.75, 3.05) is 0 Å². The molecule has 0 heterocycles. The van der Waals surface area contributed by atoms with Crippen LogP contribution in [0.1, 0.15) is 95.5 Å². The minimum Gasteiger partial charge on any atom is -0.370 e. The first-order valence-electron chi connectivity index (χ1n) is 10.8. The Balaban J connectivity index is 1.76. The van der Waals surface area contributed by atoms with Gasteiger partial charge in [-0.3, -0.25) is 4.79 Å². The van der Waals surface area contributed by atoms with Crippen molar-refractivity contribution in [3.05, 3.63) is 48.0 Å². The Morgan fingerprint density at radius 2 is 1.19 bits per heavy atom. The van der Waals surface area contributed by atoms with Crippen molar-refractivity contribution >= 4 is 5.91 Å². The van der Waals surface area contributed by atoms with Crippen LogP contribution >= 0.6 is 0 Å². The molecule has 2 N–H and O–H groups in total. The zero-order valence-electron chi connectivity index (χ0n) is 16.6. The van der Waals surface area contributed by atoms with Crippen LogP contribution in [0, 0.1) is 0 Å². The molecule has 2 nitrogen and oxygen atoms in total. The van der Waals surface area contributed by atoms with E-state index >= 15 is 0 Å². The van der Waals surface area contributed by atoms with Gasteiger partial charge in [0.1, 0.15) is 0 Å². The van der Waals surface area contributed by atoms with Crippen LogP contribution < -0.4 is 5.73 Å². The standard InChI is InChI=1S/C24H39NO/c25-24(26)22-18-13-11-9-7-5-3-1-2-4-6-8-10-12-15-19-23-20-16-14-17-21-23/h1,3,14,16-17,20-21H,2,4-13,15,18-19,22H2,(H2,25,26)/b3-1-. The van der Waals surface area contributed by atoms with E-state index in [1.54, 1.807) is 0 Å². The summed E-state index contributed by atoms with van der Waals surface area (Å²) >= 11 is 0. The van der Waals surface area contributed by atoms with Crippen LogP contribution in [0.4, 0.5) is 0 Å². The lowest BCUT2D eigenvalue weighted by molar-refractivity contribution is -0.118. The van der Waals surface area contributed by atoms with Crippen LogP contribution in [0.5, 0.6) is 0 Å². The quantitative estimate of drug-likeness (QED) is 0.244. The summed E-state index contributed by atoms with van der Waals surface area (Å²) in [6, 6.07) is 10.8. The van der Waals surface area contributed by atoms with E-state index in [9.17, 15) is 4.79 Å². The lowest BCUT2D eigenvalue weighted by Crippen LogP contribution is -2.09. The molecule has 0 bridgehead atoms. The summed E-state index contributed by atoms with van der Waals surface area (Å²) in [5, 5.41) is 0. The zero-order valence-corrected chi connectivity index (χ0v) is 16.6. The predicted molar refractivity (Wildman–Crippen MR) is 113 cm³/mol. The second-order valence-electron chi connectivity index (χ2n) is 7.39. The van der Waals surface area contributed by atoms with Gasteiger partial charge in [-0.05, 0) is 50.5 Å². The van der Waals surface area contributed by atoms with Gasteiger partial charge in [-0.1, -0.05) is 87.4 Å². The Kier molecular flexibility index (Phi) is 14.6. The van der Waals surface area contributed by atoms with Crippen molar-refractivity contribution in [3.63, 3.8) is 0 Å². The van der Waals surface area contributed by atoms with Crippen LogP contribution in [-0.4, -0.2) is 5.91 Å². The lowest BCUT2D eigenvalue weighted by Gasteiger charge is -2.02. The average molecular weight is 358 g/mol. The third-order valence-electron chi connectivity index (χ3n) is 4.89. The molecule has 0 atom stereocenters. The van der Waals surface area contributed by atoms with Gasteiger partial charge >= 0.3 is 0 Å². The van der Waals surface area contributed by atoms with Crippen LogP contribution in [0.2, 0.25) is 0 Å². The van der Waals surface area contributed by atoms with E-state index in [4.69, 9.17) is 5.73 Å². The molecule has 0 saturated heterocycles. The SMILES string of the molecule is NC(=O)CCCCCCC/C=C\CCCCCCCCc1ccccc1. The molecule has 0 unspecified atom stereocenters. The molecule has 0 saturated carbocycles. The third kappa shape index (κ3) is 14.7. The van der Waals surface area contributed by atoms with E-state index in [2.05, 4.69) is 42.5 Å². The van der Waals surface area contributed by atoms with E-state index < -0.39 is 0 Å². The molecule has 1 amide bonds. The Morgan fingerprint density at radius 3 is 1.77 bits per heavy atom. The number of allylic oxidation sites excluding steroid dienone is 2. The zero-order chi connectivity index (χ0) is 18.7. The molecular weight excluding hydrogens is 318 g/mol. The Labute approximate surface area is 161 Å². The fourth-order valence-corrected chi connectivity index (χ4v) is 3.27. The predicted octanol–water partition coefficient (Wildman–Crippen LogP) is 6.73. The monoisotopic (exact) mass is 357 g/mol. The normalized spacial score (nSPS) is 11.2. The van der Waals surface area contributed by atoms with E-state index in [0.29, 0.717) is 6.42 Å². The summed E-state index contributed by atoms with van der Waals surface area (Å²) in [4.78, 5) is 10.6. The number of amides is 1. The molecule has 146 valence electrons. The van der Waals surface area contributed by atoms with Crippen LogP contribution in [0.15, 0.2) is 42.5 Å². The number of benzene rings is 1. The maximum absolute atomic E-state index is 10.6. The van der Waals surface area contributed by atoms with Crippen molar-refractivity contribution in [3.8, 4) is 0 Å². The highest BCUT2D eigenvalue weighted by molar-refractivity contribution is 5.73. The number of hydrogen-bond donors (Lipinski definition) is 1. The number of nitrogens with two attached hydrogens (primary N) is 1. The summed E-state index contributed by atoms with van der Waals surface area (Å²) in [5.41, 5.74) is 6.60. The highest BCUT2D eigenvalue weighted by Crippen LogP contribution is 2.11. The number of rotatable bonds is 17. The van der Waals surface area contributed by atoms with Gasteiger partial charge in [-0.15, -0.1) is 0 Å². The largest absolute Gasteiger partial charge is 0.370 e. The first-order chi connectivity index (χ1) is 12.8. The third-order valence-corrected chi connectivity index (χ3v) is 4.89. The second-order valence-corrected chi connectivity index (χ2v) is 7.39. The number of primary amides is 1. The molecule has 0 aliphatic heterocycles. The molecule has 0 radical (unpaired) electrons. The van der Waals surface area contributed by atoms with Gasteiger partial charge in [0.2, 0.25) is 5.91 Å². The summed E-state index contributed by atoms with van der Waals surface area (Å²) in [7, 11) is 0. The van der Waals surface area contributed by atoms with Crippen LogP contribution in [-0.2, 0) is 11.2 Å². The number of hydrogen-bond acceptors (Lipinski definition) is 1. The Morgan fingerprint density at radius 1 is 0.692 bits per heavy atom. The van der Waals surface area contributed by atoms with Gasteiger partial charge in [-0.25, -0.2) is 0 Å². The summed E-state index contributed by atoms with van der Waals surface area (Å²) < 4.78 is 0. The van der Waals surface area contributed by atoms with E-state index in [0.717, 1.165) is 12.8 Å². The highest BCUT2D eigenvalue weighted by atomic mass is 16.1. The van der Waals surface area contributed by atoms with Gasteiger partial charge < -0.3 is 5.73 Å². The molecular formula is C24H39NO. The molecule has 0 aromatic heterocycles. The van der Waals surface area contributed by atoms with Gasteiger partial charge in [0.25, 0.3) is 0 Å². The summed E-state index contributed by atoms with van der Waals surface area (Å²) in [5.74, 6) is -0.167. The molecule has 0 aliphatic carbocycles. The maximum Gasteiger partial charge on any atom is 0.217 e.